The molecule has 0 bridgehead atoms. The van der Waals surface area contributed by atoms with Gasteiger partial charge in [-0.3, -0.25) is 0 Å². The fourth-order valence-electron chi connectivity index (χ4n) is 1.79. The summed E-state index contributed by atoms with van der Waals surface area (Å²) in [4.78, 5) is 2.99. The summed E-state index contributed by atoms with van der Waals surface area (Å²) < 4.78 is 0. The standard InChI is InChI=1S/C14H25NS/c1-12(2)15-11-7-5-4-6-8-14-10-9-13(3)16-14/h9-10,12,15H,4-8,11H2,1-3H3. The van der Waals surface area contributed by atoms with E-state index < -0.39 is 0 Å². The van der Waals surface area contributed by atoms with Gasteiger partial charge < -0.3 is 5.32 Å². The molecule has 0 spiro atoms. The van der Waals surface area contributed by atoms with E-state index in [0.717, 1.165) is 0 Å². The zero-order chi connectivity index (χ0) is 11.8. The van der Waals surface area contributed by atoms with Crippen molar-refractivity contribution in [1.29, 1.82) is 0 Å². The lowest BCUT2D eigenvalue weighted by molar-refractivity contribution is 0.542. The van der Waals surface area contributed by atoms with Crippen molar-refractivity contribution in [3.63, 3.8) is 0 Å². The highest BCUT2D eigenvalue weighted by Gasteiger charge is 1.97. The van der Waals surface area contributed by atoms with Gasteiger partial charge in [-0.1, -0.05) is 26.7 Å². The van der Waals surface area contributed by atoms with Gasteiger partial charge in [-0.2, -0.15) is 0 Å². The van der Waals surface area contributed by atoms with Crippen molar-refractivity contribution in [2.24, 2.45) is 0 Å². The third-order valence-corrected chi connectivity index (χ3v) is 3.76. The Kier molecular flexibility index (Phi) is 6.74. The molecule has 1 aromatic rings. The molecule has 1 N–H and O–H groups in total. The van der Waals surface area contributed by atoms with Gasteiger partial charge in [0.25, 0.3) is 0 Å². The van der Waals surface area contributed by atoms with E-state index >= 15 is 0 Å². The van der Waals surface area contributed by atoms with Crippen LogP contribution in [0.3, 0.4) is 0 Å². The highest BCUT2D eigenvalue weighted by atomic mass is 32.1. The second-order valence-electron chi connectivity index (χ2n) is 4.79. The van der Waals surface area contributed by atoms with Crippen LogP contribution >= 0.6 is 11.3 Å². The number of hydrogen-bond donors (Lipinski definition) is 1. The van der Waals surface area contributed by atoms with Gasteiger partial charge in [0.1, 0.15) is 0 Å². The van der Waals surface area contributed by atoms with Gasteiger partial charge in [-0.25, -0.2) is 0 Å². The highest BCUT2D eigenvalue weighted by Crippen LogP contribution is 2.17. The molecule has 0 unspecified atom stereocenters. The summed E-state index contributed by atoms with van der Waals surface area (Å²) >= 11 is 1.95. The van der Waals surface area contributed by atoms with Crippen molar-refractivity contribution in [2.45, 2.75) is 58.9 Å². The first-order valence-corrected chi connectivity index (χ1v) is 7.29. The van der Waals surface area contributed by atoms with Crippen molar-refractivity contribution < 1.29 is 0 Å². The van der Waals surface area contributed by atoms with E-state index in [1.165, 1.54) is 43.5 Å². The van der Waals surface area contributed by atoms with Crippen LogP contribution in [0.25, 0.3) is 0 Å². The molecule has 1 nitrogen and oxygen atoms in total. The Bertz CT molecular complexity index is 278. The van der Waals surface area contributed by atoms with Crippen molar-refractivity contribution in [3.05, 3.63) is 21.9 Å². The van der Waals surface area contributed by atoms with Crippen LogP contribution in [0.15, 0.2) is 12.1 Å². The van der Waals surface area contributed by atoms with Crippen LogP contribution in [-0.4, -0.2) is 12.6 Å². The monoisotopic (exact) mass is 239 g/mol. The number of unbranched alkanes of at least 4 members (excludes halogenated alkanes) is 3. The molecule has 0 atom stereocenters. The van der Waals surface area contributed by atoms with E-state index in [9.17, 15) is 0 Å². The minimum atomic E-state index is 0.633. The van der Waals surface area contributed by atoms with Crippen LogP contribution in [-0.2, 0) is 6.42 Å². The Balaban J connectivity index is 1.92. The molecular weight excluding hydrogens is 214 g/mol. The molecule has 16 heavy (non-hydrogen) atoms. The molecule has 0 aliphatic rings. The maximum Gasteiger partial charge on any atom is 0.00480 e. The predicted octanol–water partition coefficient (Wildman–Crippen LogP) is 4.16. The molecule has 0 saturated heterocycles. The lowest BCUT2D eigenvalue weighted by Gasteiger charge is -2.07. The molecule has 0 fully saturated rings. The van der Waals surface area contributed by atoms with Gasteiger partial charge in [0.05, 0.1) is 0 Å². The quantitative estimate of drug-likeness (QED) is 0.672. The van der Waals surface area contributed by atoms with Gasteiger partial charge in [0.15, 0.2) is 0 Å². The molecule has 2 heteroatoms. The second kappa shape index (κ2) is 7.86. The van der Waals surface area contributed by atoms with Crippen LogP contribution in [0.4, 0.5) is 0 Å². The highest BCUT2D eigenvalue weighted by molar-refractivity contribution is 7.11. The number of nitrogens with one attached hydrogen (secondary N) is 1. The SMILES string of the molecule is Cc1ccc(CCCCCCNC(C)C)s1. The molecular formula is C14H25NS. The summed E-state index contributed by atoms with van der Waals surface area (Å²) in [6, 6.07) is 5.14. The lowest BCUT2D eigenvalue weighted by atomic mass is 10.1. The molecule has 0 saturated carbocycles. The van der Waals surface area contributed by atoms with Gasteiger partial charge in [0, 0.05) is 15.8 Å². The van der Waals surface area contributed by atoms with Crippen molar-refractivity contribution in [1.82, 2.24) is 5.32 Å². The first kappa shape index (κ1) is 13.7. The Labute approximate surface area is 104 Å². The fourth-order valence-corrected chi connectivity index (χ4v) is 2.72. The molecule has 0 aliphatic heterocycles. The maximum atomic E-state index is 3.46. The van der Waals surface area contributed by atoms with Crippen LogP contribution in [0.1, 0.15) is 49.3 Å². The smallest absolute Gasteiger partial charge is 0.00480 e. The molecule has 0 aromatic carbocycles. The number of hydrogen-bond acceptors (Lipinski definition) is 2. The van der Waals surface area contributed by atoms with Crippen LogP contribution in [0.2, 0.25) is 0 Å². The first-order chi connectivity index (χ1) is 7.68. The zero-order valence-electron chi connectivity index (χ0n) is 10.9. The molecule has 0 radical (unpaired) electrons. The maximum absolute atomic E-state index is 3.46. The Hall–Kier alpha value is -0.340. The molecule has 92 valence electrons. The predicted molar refractivity (Wildman–Crippen MR) is 74.4 cm³/mol. The number of thiophene rings is 1. The van der Waals surface area contributed by atoms with E-state index in [4.69, 9.17) is 0 Å². The Morgan fingerprint density at radius 1 is 1.12 bits per heavy atom. The average molecular weight is 239 g/mol. The van der Waals surface area contributed by atoms with Gasteiger partial charge in [-0.15, -0.1) is 11.3 Å². The topological polar surface area (TPSA) is 12.0 Å². The van der Waals surface area contributed by atoms with E-state index in [2.05, 4.69) is 38.2 Å². The molecule has 0 amide bonds. The van der Waals surface area contributed by atoms with Crippen molar-refractivity contribution >= 4 is 11.3 Å². The van der Waals surface area contributed by atoms with Gasteiger partial charge >= 0.3 is 0 Å². The van der Waals surface area contributed by atoms with E-state index in [1.807, 2.05) is 11.3 Å². The van der Waals surface area contributed by atoms with Crippen molar-refractivity contribution in [2.75, 3.05) is 6.54 Å². The van der Waals surface area contributed by atoms with Gasteiger partial charge in [-0.05, 0) is 44.9 Å². The van der Waals surface area contributed by atoms with Crippen LogP contribution < -0.4 is 5.32 Å². The summed E-state index contributed by atoms with van der Waals surface area (Å²) in [6.07, 6.45) is 6.68. The van der Waals surface area contributed by atoms with E-state index in [1.54, 1.807) is 4.88 Å². The summed E-state index contributed by atoms with van der Waals surface area (Å²) in [7, 11) is 0. The molecule has 1 rings (SSSR count). The summed E-state index contributed by atoms with van der Waals surface area (Å²) in [5.41, 5.74) is 0. The normalized spacial score (nSPS) is 11.2. The van der Waals surface area contributed by atoms with Crippen LogP contribution in [0.5, 0.6) is 0 Å². The van der Waals surface area contributed by atoms with Crippen LogP contribution in [0, 0.1) is 6.92 Å². The third-order valence-electron chi connectivity index (χ3n) is 2.70. The van der Waals surface area contributed by atoms with Gasteiger partial charge in [0.2, 0.25) is 0 Å². The molecule has 0 aliphatic carbocycles. The Morgan fingerprint density at radius 2 is 1.88 bits per heavy atom. The molecule has 1 aromatic heterocycles. The summed E-state index contributed by atoms with van der Waals surface area (Å²) in [5, 5.41) is 3.46. The van der Waals surface area contributed by atoms with E-state index in [-0.39, 0.29) is 0 Å². The number of aryl methyl sites for hydroxylation is 2. The average Bonchev–Trinajstić information content (AvgIpc) is 2.62. The summed E-state index contributed by atoms with van der Waals surface area (Å²) in [6.45, 7) is 7.78. The third kappa shape index (κ3) is 6.29. The first-order valence-electron chi connectivity index (χ1n) is 6.47. The Morgan fingerprint density at radius 3 is 2.50 bits per heavy atom. The molecule has 1 heterocycles. The lowest BCUT2D eigenvalue weighted by Crippen LogP contribution is -2.23. The van der Waals surface area contributed by atoms with E-state index in [0.29, 0.717) is 6.04 Å². The number of rotatable bonds is 8. The van der Waals surface area contributed by atoms with Crippen molar-refractivity contribution in [3.8, 4) is 0 Å². The zero-order valence-corrected chi connectivity index (χ0v) is 11.7. The fraction of sp³-hybridized carbons (Fsp3) is 0.714. The largest absolute Gasteiger partial charge is 0.315 e. The minimum Gasteiger partial charge on any atom is -0.315 e. The minimum absolute atomic E-state index is 0.633. The second-order valence-corrected chi connectivity index (χ2v) is 6.16. The summed E-state index contributed by atoms with van der Waals surface area (Å²) in [5.74, 6) is 0.